The second-order valence-corrected chi connectivity index (χ2v) is 15.3. The zero-order chi connectivity index (χ0) is 39.7. The van der Waals surface area contributed by atoms with Gasteiger partial charge in [0.2, 0.25) is 0 Å². The molecule has 0 aliphatic carbocycles. The molecule has 1 amide bonds. The van der Waals surface area contributed by atoms with Crippen LogP contribution in [0.3, 0.4) is 0 Å². The predicted molar refractivity (Wildman–Crippen MR) is 226 cm³/mol. The van der Waals surface area contributed by atoms with E-state index in [4.69, 9.17) is 19.9 Å². The maximum absolute atomic E-state index is 15.1. The summed E-state index contributed by atoms with van der Waals surface area (Å²) in [7, 11) is 0. The van der Waals surface area contributed by atoms with Gasteiger partial charge in [0.1, 0.15) is 29.5 Å². The zero-order valence-electron chi connectivity index (χ0n) is 32.5. The second kappa shape index (κ2) is 15.2. The molecule has 9 heteroatoms. The molecule has 0 bridgehead atoms. The third kappa shape index (κ3) is 6.43. The minimum absolute atomic E-state index is 0.145. The molecule has 0 radical (unpaired) electrons. The number of aromatic hydroxyl groups is 1. The van der Waals surface area contributed by atoms with Gasteiger partial charge < -0.3 is 14.7 Å². The van der Waals surface area contributed by atoms with E-state index in [0.717, 1.165) is 51.6 Å². The van der Waals surface area contributed by atoms with Crippen molar-refractivity contribution in [1.82, 2.24) is 29.9 Å². The summed E-state index contributed by atoms with van der Waals surface area (Å²) in [5.41, 5.74) is 5.82. The number of aromatic amines is 1. The Morgan fingerprint density at radius 3 is 2.03 bits per heavy atom. The van der Waals surface area contributed by atoms with E-state index in [9.17, 15) is 5.11 Å². The van der Waals surface area contributed by atoms with E-state index < -0.39 is 17.3 Å². The molecular weight excluding hydrogens is 721 g/mol. The summed E-state index contributed by atoms with van der Waals surface area (Å²) >= 11 is 0. The third-order valence-corrected chi connectivity index (χ3v) is 11.5. The lowest BCUT2D eigenvalue weighted by molar-refractivity contribution is -0.103. The number of ether oxygens (including phenoxy) is 1. The monoisotopic (exact) mass is 764 g/mol. The van der Waals surface area contributed by atoms with E-state index in [2.05, 4.69) is 77.9 Å². The Balaban J connectivity index is 1.14. The van der Waals surface area contributed by atoms with Gasteiger partial charge in [-0.1, -0.05) is 121 Å². The molecule has 0 saturated carbocycles. The number of benzene rings is 6. The quantitative estimate of drug-likeness (QED) is 0.134. The number of fused-ring (bicyclic) bond motifs is 1. The molecule has 1 aliphatic heterocycles. The molecule has 0 spiro atoms. The van der Waals surface area contributed by atoms with Crippen LogP contribution in [-0.2, 0) is 15.8 Å². The number of carbonyl (C=O) groups excluding carboxylic acids is 1. The first kappa shape index (κ1) is 36.8. The molecule has 2 N–H and O–H groups in total. The number of phenols is 1. The molecule has 6 aromatic carbocycles. The summed E-state index contributed by atoms with van der Waals surface area (Å²) in [5, 5.41) is 24.5. The van der Waals surface area contributed by atoms with Crippen molar-refractivity contribution in [2.24, 2.45) is 0 Å². The van der Waals surface area contributed by atoms with Crippen LogP contribution >= 0.6 is 0 Å². The topological polar surface area (TPSA) is 109 Å². The van der Waals surface area contributed by atoms with E-state index in [1.807, 2.05) is 96.5 Å². The average Bonchev–Trinajstić information content (AvgIpc) is 3.94. The fourth-order valence-corrected chi connectivity index (χ4v) is 8.55. The summed E-state index contributed by atoms with van der Waals surface area (Å²) in [4.78, 5) is 21.8. The average molecular weight is 765 g/mol. The Kier molecular flexibility index (Phi) is 9.67. The Hall–Kier alpha value is -6.84. The van der Waals surface area contributed by atoms with Gasteiger partial charge in [0.05, 0.1) is 11.1 Å². The van der Waals surface area contributed by atoms with Gasteiger partial charge in [0.15, 0.2) is 5.82 Å². The standard InChI is InChI=1S/C49H44N6O3/c1-48(2,38-23-16-24-39(56)32-38)55(44-27-14-15-30-58-44)47(57)41-26-13-12-25-40(41)45-42-31-34(28-29-43(42)51-52-45)46-50-33-54(53-46)49(35-17-6-3-7-18-35,36-19-8-4-9-20-36)37-21-10-5-11-22-37/h3-13,16-26,28-29,31-33,44,56H,14-15,27,30H2,1-2H3,(H,51,52). The Morgan fingerprint density at radius 1 is 0.759 bits per heavy atom. The van der Waals surface area contributed by atoms with E-state index >= 15 is 4.79 Å². The van der Waals surface area contributed by atoms with Gasteiger partial charge in [-0.15, -0.1) is 5.10 Å². The first-order chi connectivity index (χ1) is 28.4. The summed E-state index contributed by atoms with van der Waals surface area (Å²) in [5.74, 6) is 0.522. The van der Waals surface area contributed by atoms with E-state index in [0.29, 0.717) is 35.7 Å². The predicted octanol–water partition coefficient (Wildman–Crippen LogP) is 9.94. The lowest BCUT2D eigenvalue weighted by Gasteiger charge is -2.45. The highest BCUT2D eigenvalue weighted by molar-refractivity contribution is 6.05. The molecule has 1 atom stereocenters. The van der Waals surface area contributed by atoms with Crippen LogP contribution in [0, 0.1) is 0 Å². The SMILES string of the molecule is CC(C)(c1cccc(O)c1)N(C(=O)c1ccccc1-c1n[nH]c2ccc(-c3ncn(C(c4ccccc4)(c4ccccc4)c4ccccc4)n3)cc12)C1CCCCO1. The first-order valence-electron chi connectivity index (χ1n) is 19.8. The van der Waals surface area contributed by atoms with Crippen LogP contribution in [0.5, 0.6) is 5.75 Å². The Bertz CT molecular complexity index is 2590. The number of carbonyl (C=O) groups is 1. The van der Waals surface area contributed by atoms with Crippen LogP contribution in [-0.4, -0.2) is 53.7 Å². The van der Waals surface area contributed by atoms with E-state index in [1.54, 1.807) is 18.2 Å². The number of hydrogen-bond donors (Lipinski definition) is 2. The molecule has 9 rings (SSSR count). The summed E-state index contributed by atoms with van der Waals surface area (Å²) in [6, 6.07) is 52.0. The summed E-state index contributed by atoms with van der Waals surface area (Å²) in [6.45, 7) is 4.58. The number of nitrogens with zero attached hydrogens (tertiary/aromatic N) is 5. The highest BCUT2D eigenvalue weighted by atomic mass is 16.5. The van der Waals surface area contributed by atoms with Crippen molar-refractivity contribution in [3.05, 3.63) is 192 Å². The number of hydrogen-bond acceptors (Lipinski definition) is 6. The molecule has 1 fully saturated rings. The first-order valence-corrected chi connectivity index (χ1v) is 19.8. The highest BCUT2D eigenvalue weighted by Gasteiger charge is 2.41. The van der Waals surface area contributed by atoms with Crippen LogP contribution in [0.4, 0.5) is 0 Å². The fourth-order valence-electron chi connectivity index (χ4n) is 8.55. The Morgan fingerprint density at radius 2 is 1.40 bits per heavy atom. The third-order valence-electron chi connectivity index (χ3n) is 11.5. The lowest BCUT2D eigenvalue weighted by atomic mass is 9.77. The number of phenolic OH excluding ortho intramolecular Hbond substituents is 1. The van der Waals surface area contributed by atoms with Crippen molar-refractivity contribution in [2.75, 3.05) is 6.61 Å². The summed E-state index contributed by atoms with van der Waals surface area (Å²) < 4.78 is 8.27. The maximum Gasteiger partial charge on any atom is 0.257 e. The maximum atomic E-state index is 15.1. The molecule has 8 aromatic rings. The van der Waals surface area contributed by atoms with Crippen molar-refractivity contribution in [1.29, 1.82) is 0 Å². The van der Waals surface area contributed by atoms with Gasteiger partial charge in [-0.3, -0.25) is 9.89 Å². The number of nitrogens with one attached hydrogen (secondary N) is 1. The van der Waals surface area contributed by atoms with Crippen LogP contribution in [0.25, 0.3) is 33.5 Å². The molecule has 2 aromatic heterocycles. The normalized spacial score (nSPS) is 14.7. The van der Waals surface area contributed by atoms with Gasteiger partial charge in [0, 0.05) is 28.7 Å². The summed E-state index contributed by atoms with van der Waals surface area (Å²) in [6.07, 6.45) is 3.98. The minimum atomic E-state index is -0.815. The lowest BCUT2D eigenvalue weighted by Crippen LogP contribution is -2.53. The molecule has 58 heavy (non-hydrogen) atoms. The van der Waals surface area contributed by atoms with Gasteiger partial charge in [0.25, 0.3) is 5.91 Å². The molecular formula is C49H44N6O3. The number of H-pyrrole nitrogens is 1. The van der Waals surface area contributed by atoms with Crippen LogP contribution in [0.2, 0.25) is 0 Å². The van der Waals surface area contributed by atoms with Crippen LogP contribution < -0.4 is 0 Å². The van der Waals surface area contributed by atoms with Crippen molar-refractivity contribution in [3.8, 4) is 28.4 Å². The van der Waals surface area contributed by atoms with Crippen molar-refractivity contribution < 1.29 is 14.6 Å². The molecule has 9 nitrogen and oxygen atoms in total. The molecule has 1 aliphatic rings. The van der Waals surface area contributed by atoms with Gasteiger partial charge in [-0.2, -0.15) is 5.10 Å². The van der Waals surface area contributed by atoms with Crippen molar-refractivity contribution >= 4 is 16.8 Å². The van der Waals surface area contributed by atoms with Crippen LogP contribution in [0.15, 0.2) is 164 Å². The fraction of sp³-hybridized carbons (Fsp3) is 0.184. The van der Waals surface area contributed by atoms with Gasteiger partial charge in [-0.05, 0) is 91.8 Å². The second-order valence-electron chi connectivity index (χ2n) is 15.3. The number of aromatic nitrogens is 5. The molecule has 288 valence electrons. The molecule has 3 heterocycles. The van der Waals surface area contributed by atoms with Crippen molar-refractivity contribution in [2.45, 2.75) is 50.4 Å². The number of rotatable bonds is 10. The molecule has 1 unspecified atom stereocenters. The Labute approximate surface area is 337 Å². The van der Waals surface area contributed by atoms with E-state index in [-0.39, 0.29) is 11.7 Å². The zero-order valence-corrected chi connectivity index (χ0v) is 32.5. The molecule has 1 saturated heterocycles. The van der Waals surface area contributed by atoms with Crippen molar-refractivity contribution in [3.63, 3.8) is 0 Å². The van der Waals surface area contributed by atoms with E-state index in [1.165, 1.54) is 0 Å². The smallest absolute Gasteiger partial charge is 0.257 e. The van der Waals surface area contributed by atoms with Gasteiger partial charge >= 0.3 is 0 Å². The number of amides is 1. The highest BCUT2D eigenvalue weighted by Crippen LogP contribution is 2.42. The van der Waals surface area contributed by atoms with Crippen LogP contribution in [0.1, 0.15) is 65.7 Å². The van der Waals surface area contributed by atoms with Gasteiger partial charge in [-0.25, -0.2) is 9.67 Å². The minimum Gasteiger partial charge on any atom is -0.508 e. The largest absolute Gasteiger partial charge is 0.508 e.